The summed E-state index contributed by atoms with van der Waals surface area (Å²) in [4.78, 5) is 9.90. The molecule has 0 fully saturated rings. The average molecular weight is 735 g/mol. The van der Waals surface area contributed by atoms with Crippen molar-refractivity contribution >= 4 is 0 Å². The van der Waals surface area contributed by atoms with Crippen molar-refractivity contribution in [1.82, 2.24) is 9.97 Å². The molecule has 0 atom stereocenters. The fraction of sp³-hybridized carbons (Fsp3) is 0.0370. The zero-order valence-electron chi connectivity index (χ0n) is 31.8. The first-order chi connectivity index (χ1) is 28.0. The van der Waals surface area contributed by atoms with Crippen molar-refractivity contribution in [3.8, 4) is 89.3 Å². The topological polar surface area (TPSA) is 25.8 Å². The van der Waals surface area contributed by atoms with E-state index in [-0.39, 0.29) is 5.82 Å². The Bertz CT molecular complexity index is 2710. The summed E-state index contributed by atoms with van der Waals surface area (Å²) in [5, 5.41) is 0. The van der Waals surface area contributed by atoms with Gasteiger partial charge in [0.15, 0.2) is 0 Å². The highest BCUT2D eigenvalue weighted by Crippen LogP contribution is 2.43. The van der Waals surface area contributed by atoms with Crippen LogP contribution >= 0.6 is 0 Å². The van der Waals surface area contributed by atoms with Crippen molar-refractivity contribution in [3.63, 3.8) is 0 Å². The van der Waals surface area contributed by atoms with Gasteiger partial charge in [0.1, 0.15) is 5.82 Å². The summed E-state index contributed by atoms with van der Waals surface area (Å²) in [5.41, 5.74) is 19.3. The molecule has 0 aliphatic carbocycles. The summed E-state index contributed by atoms with van der Waals surface area (Å²) >= 11 is 0. The van der Waals surface area contributed by atoms with Crippen molar-refractivity contribution < 1.29 is 4.39 Å². The van der Waals surface area contributed by atoms with E-state index in [4.69, 9.17) is 9.97 Å². The summed E-state index contributed by atoms with van der Waals surface area (Å²) in [5.74, 6) is -0.253. The summed E-state index contributed by atoms with van der Waals surface area (Å²) in [7, 11) is 0. The maximum Gasteiger partial charge on any atom is 0.123 e. The Morgan fingerprint density at radius 2 is 0.632 bits per heavy atom. The monoisotopic (exact) mass is 734 g/mol. The minimum absolute atomic E-state index is 0.253. The van der Waals surface area contributed by atoms with Gasteiger partial charge in [-0.05, 0) is 123 Å². The minimum atomic E-state index is -0.253. The maximum atomic E-state index is 14.1. The standard InChI is InChI=1S/C54H39FN2/c1-36-29-53(39-15-5-3-6-16-39)56-34-51(36)49-23-13-11-21-47(49)42-31-41(46-20-10-9-19-45(46)38-25-27-44(55)28-26-38)32-43(33-42)48-22-12-14-24-50(48)52-35-57-54(30-37(52)2)40-17-7-4-8-18-40/h3-35H,1-2H3. The quantitative estimate of drug-likeness (QED) is 0.155. The van der Waals surface area contributed by atoms with Gasteiger partial charge < -0.3 is 0 Å². The molecule has 9 rings (SSSR count). The summed E-state index contributed by atoms with van der Waals surface area (Å²) in [6, 6.07) is 64.2. The Kier molecular flexibility index (Phi) is 9.64. The van der Waals surface area contributed by atoms with Crippen LogP contribution in [0.1, 0.15) is 11.1 Å². The number of nitrogens with zero attached hydrogens (tertiary/aromatic N) is 2. The van der Waals surface area contributed by atoms with Gasteiger partial charge in [-0.25, -0.2) is 4.39 Å². The van der Waals surface area contributed by atoms with Crippen LogP contribution in [0, 0.1) is 19.7 Å². The molecule has 0 unspecified atom stereocenters. The second-order valence-corrected chi connectivity index (χ2v) is 14.4. The molecule has 0 radical (unpaired) electrons. The molecule has 57 heavy (non-hydrogen) atoms. The third-order valence-electron chi connectivity index (χ3n) is 10.7. The van der Waals surface area contributed by atoms with E-state index < -0.39 is 0 Å². The summed E-state index contributed by atoms with van der Waals surface area (Å²) < 4.78 is 14.1. The number of aryl methyl sites for hydroxylation is 2. The zero-order chi connectivity index (χ0) is 38.7. The Labute approximate surface area is 333 Å². The van der Waals surface area contributed by atoms with E-state index in [1.807, 2.05) is 67.0 Å². The van der Waals surface area contributed by atoms with Gasteiger partial charge in [0.25, 0.3) is 0 Å². The lowest BCUT2D eigenvalue weighted by atomic mass is 9.85. The third-order valence-corrected chi connectivity index (χ3v) is 10.7. The number of benzene rings is 7. The molecular formula is C54H39FN2. The first-order valence-corrected chi connectivity index (χ1v) is 19.2. The fourth-order valence-electron chi connectivity index (χ4n) is 7.86. The highest BCUT2D eigenvalue weighted by Gasteiger charge is 2.18. The molecule has 0 saturated carbocycles. The van der Waals surface area contributed by atoms with Gasteiger partial charge in [-0.3, -0.25) is 9.97 Å². The Balaban J connectivity index is 1.23. The Morgan fingerprint density at radius 1 is 0.298 bits per heavy atom. The van der Waals surface area contributed by atoms with Crippen LogP contribution in [0.5, 0.6) is 0 Å². The number of aromatic nitrogens is 2. The van der Waals surface area contributed by atoms with E-state index in [0.717, 1.165) is 100 Å². The van der Waals surface area contributed by atoms with Gasteiger partial charge in [0.05, 0.1) is 11.4 Å². The van der Waals surface area contributed by atoms with Gasteiger partial charge in [-0.2, -0.15) is 0 Å². The van der Waals surface area contributed by atoms with E-state index in [1.165, 1.54) is 12.1 Å². The van der Waals surface area contributed by atoms with Crippen molar-refractivity contribution in [2.75, 3.05) is 0 Å². The van der Waals surface area contributed by atoms with Crippen LogP contribution in [0.4, 0.5) is 4.39 Å². The van der Waals surface area contributed by atoms with Gasteiger partial charge in [0.2, 0.25) is 0 Å². The Morgan fingerprint density at radius 3 is 1.02 bits per heavy atom. The van der Waals surface area contributed by atoms with Crippen molar-refractivity contribution in [3.05, 3.63) is 217 Å². The number of hydrogen-bond acceptors (Lipinski definition) is 2. The van der Waals surface area contributed by atoms with Crippen LogP contribution in [0.2, 0.25) is 0 Å². The SMILES string of the molecule is Cc1cc(-c2ccccc2)ncc1-c1ccccc1-c1cc(-c2ccccc2-c2ccc(F)cc2)cc(-c2ccccc2-c2cnc(-c3ccccc3)cc2C)c1. The second-order valence-electron chi connectivity index (χ2n) is 14.4. The first kappa shape index (κ1) is 35.5. The molecule has 0 amide bonds. The van der Waals surface area contributed by atoms with Crippen molar-refractivity contribution in [2.45, 2.75) is 13.8 Å². The van der Waals surface area contributed by atoms with E-state index in [2.05, 4.69) is 135 Å². The lowest BCUT2D eigenvalue weighted by Gasteiger charge is -2.19. The fourth-order valence-corrected chi connectivity index (χ4v) is 7.86. The molecule has 0 bridgehead atoms. The number of halogens is 1. The van der Waals surface area contributed by atoms with E-state index >= 15 is 0 Å². The van der Waals surface area contributed by atoms with Crippen LogP contribution < -0.4 is 0 Å². The molecule has 272 valence electrons. The van der Waals surface area contributed by atoms with Gasteiger partial charge >= 0.3 is 0 Å². The molecule has 3 heteroatoms. The first-order valence-electron chi connectivity index (χ1n) is 19.2. The molecule has 0 N–H and O–H groups in total. The van der Waals surface area contributed by atoms with Crippen molar-refractivity contribution in [1.29, 1.82) is 0 Å². The average Bonchev–Trinajstić information content (AvgIpc) is 3.27. The molecule has 0 spiro atoms. The van der Waals surface area contributed by atoms with Crippen LogP contribution in [0.3, 0.4) is 0 Å². The van der Waals surface area contributed by atoms with Crippen LogP contribution in [-0.2, 0) is 0 Å². The highest BCUT2D eigenvalue weighted by atomic mass is 19.1. The molecule has 9 aromatic rings. The van der Waals surface area contributed by atoms with Crippen LogP contribution in [0.25, 0.3) is 89.3 Å². The molecule has 0 aliphatic heterocycles. The van der Waals surface area contributed by atoms with Gasteiger partial charge in [-0.1, -0.05) is 146 Å². The largest absolute Gasteiger partial charge is 0.256 e. The van der Waals surface area contributed by atoms with E-state index in [1.54, 1.807) is 0 Å². The lowest BCUT2D eigenvalue weighted by Crippen LogP contribution is -1.95. The molecule has 0 saturated heterocycles. The minimum Gasteiger partial charge on any atom is -0.256 e. The normalized spacial score (nSPS) is 11.1. The van der Waals surface area contributed by atoms with Crippen LogP contribution in [0.15, 0.2) is 200 Å². The molecular weight excluding hydrogens is 696 g/mol. The van der Waals surface area contributed by atoms with Crippen LogP contribution in [-0.4, -0.2) is 9.97 Å². The lowest BCUT2D eigenvalue weighted by molar-refractivity contribution is 0.628. The molecule has 2 aromatic heterocycles. The van der Waals surface area contributed by atoms with Crippen molar-refractivity contribution in [2.24, 2.45) is 0 Å². The van der Waals surface area contributed by atoms with E-state index in [0.29, 0.717) is 0 Å². The maximum absolute atomic E-state index is 14.1. The third kappa shape index (κ3) is 7.19. The zero-order valence-corrected chi connectivity index (χ0v) is 31.8. The molecule has 2 nitrogen and oxygen atoms in total. The summed E-state index contributed by atoms with van der Waals surface area (Å²) in [6.45, 7) is 4.33. The molecule has 2 heterocycles. The number of pyridine rings is 2. The van der Waals surface area contributed by atoms with Gasteiger partial charge in [-0.15, -0.1) is 0 Å². The molecule has 7 aromatic carbocycles. The Hall–Kier alpha value is -7.23. The number of hydrogen-bond donors (Lipinski definition) is 0. The van der Waals surface area contributed by atoms with E-state index in [9.17, 15) is 4.39 Å². The number of rotatable bonds is 8. The smallest absolute Gasteiger partial charge is 0.123 e. The molecule has 0 aliphatic rings. The highest BCUT2D eigenvalue weighted by molar-refractivity contribution is 5.94. The second kappa shape index (κ2) is 15.5. The summed E-state index contributed by atoms with van der Waals surface area (Å²) in [6.07, 6.45) is 4.02. The predicted molar refractivity (Wildman–Crippen MR) is 235 cm³/mol. The van der Waals surface area contributed by atoms with Gasteiger partial charge in [0, 0.05) is 34.6 Å². The predicted octanol–water partition coefficient (Wildman–Crippen LogP) is 14.6.